The van der Waals surface area contributed by atoms with Gasteiger partial charge in [0.1, 0.15) is 18.2 Å². The third-order valence-electron chi connectivity index (χ3n) is 4.19. The quantitative estimate of drug-likeness (QED) is 0.632. The molecule has 0 unspecified atom stereocenters. The molecule has 1 N–H and O–H groups in total. The largest absolute Gasteiger partial charge is 0.489 e. The van der Waals surface area contributed by atoms with Crippen molar-refractivity contribution in [2.45, 2.75) is 26.0 Å². The Bertz CT molecular complexity index is 863. The zero-order valence-electron chi connectivity index (χ0n) is 15.0. The van der Waals surface area contributed by atoms with E-state index < -0.39 is 0 Å². The molecule has 0 saturated heterocycles. The number of hydrogen-bond donors (Lipinski definition) is 1. The van der Waals surface area contributed by atoms with Crippen molar-refractivity contribution in [3.05, 3.63) is 101 Å². The van der Waals surface area contributed by atoms with Crippen LogP contribution in [0.15, 0.2) is 78.9 Å². The minimum absolute atomic E-state index is 0.0325. The summed E-state index contributed by atoms with van der Waals surface area (Å²) in [6.45, 7) is 0.957. The number of hydrogen-bond acceptors (Lipinski definition) is 2. The van der Waals surface area contributed by atoms with E-state index in [1.165, 1.54) is 12.1 Å². The van der Waals surface area contributed by atoms with E-state index in [2.05, 4.69) is 5.32 Å². The molecule has 3 aromatic rings. The van der Waals surface area contributed by atoms with E-state index in [1.54, 1.807) is 12.1 Å². The van der Waals surface area contributed by atoms with Gasteiger partial charge in [0.2, 0.25) is 5.91 Å². The molecule has 0 radical (unpaired) electrons. The lowest BCUT2D eigenvalue weighted by Crippen LogP contribution is -2.23. The van der Waals surface area contributed by atoms with E-state index in [9.17, 15) is 9.18 Å². The molecule has 0 heterocycles. The van der Waals surface area contributed by atoms with Gasteiger partial charge in [0.25, 0.3) is 0 Å². The number of amides is 1. The number of halogens is 1. The van der Waals surface area contributed by atoms with Crippen LogP contribution in [0.5, 0.6) is 5.75 Å². The van der Waals surface area contributed by atoms with E-state index in [0.717, 1.165) is 22.4 Å². The number of ether oxygens (including phenoxy) is 1. The SMILES string of the molecule is O=C(CCc1ccc(F)cc1)NCc1cccc(OCc2ccccc2)c1. The summed E-state index contributed by atoms with van der Waals surface area (Å²) in [6, 6.07) is 23.9. The van der Waals surface area contributed by atoms with Crippen LogP contribution >= 0.6 is 0 Å². The first-order valence-corrected chi connectivity index (χ1v) is 8.96. The molecule has 4 heteroatoms. The van der Waals surface area contributed by atoms with Crippen molar-refractivity contribution in [1.29, 1.82) is 0 Å². The molecule has 27 heavy (non-hydrogen) atoms. The van der Waals surface area contributed by atoms with Gasteiger partial charge in [-0.25, -0.2) is 4.39 Å². The Morgan fingerprint density at radius 2 is 1.59 bits per heavy atom. The number of carbonyl (C=O) groups is 1. The maximum Gasteiger partial charge on any atom is 0.220 e. The average Bonchev–Trinajstić information content (AvgIpc) is 2.71. The van der Waals surface area contributed by atoms with Crippen molar-refractivity contribution in [3.63, 3.8) is 0 Å². The van der Waals surface area contributed by atoms with Gasteiger partial charge in [-0.2, -0.15) is 0 Å². The van der Waals surface area contributed by atoms with Gasteiger partial charge < -0.3 is 10.1 Å². The highest BCUT2D eigenvalue weighted by atomic mass is 19.1. The summed E-state index contributed by atoms with van der Waals surface area (Å²) in [5.74, 6) is 0.476. The van der Waals surface area contributed by atoms with Crippen molar-refractivity contribution < 1.29 is 13.9 Å². The zero-order chi connectivity index (χ0) is 18.9. The van der Waals surface area contributed by atoms with Crippen LogP contribution in [0.4, 0.5) is 4.39 Å². The average molecular weight is 363 g/mol. The van der Waals surface area contributed by atoms with Gasteiger partial charge in [-0.15, -0.1) is 0 Å². The smallest absolute Gasteiger partial charge is 0.220 e. The van der Waals surface area contributed by atoms with E-state index >= 15 is 0 Å². The molecule has 0 spiro atoms. The summed E-state index contributed by atoms with van der Waals surface area (Å²) in [6.07, 6.45) is 0.960. The Balaban J connectivity index is 1.44. The van der Waals surface area contributed by atoms with Crippen LogP contribution in [0.3, 0.4) is 0 Å². The fourth-order valence-electron chi connectivity index (χ4n) is 2.68. The lowest BCUT2D eigenvalue weighted by atomic mass is 10.1. The first kappa shape index (κ1) is 18.6. The van der Waals surface area contributed by atoms with Gasteiger partial charge in [0.05, 0.1) is 0 Å². The van der Waals surface area contributed by atoms with Gasteiger partial charge in [0, 0.05) is 13.0 Å². The Morgan fingerprint density at radius 1 is 0.852 bits per heavy atom. The highest BCUT2D eigenvalue weighted by molar-refractivity contribution is 5.76. The first-order valence-electron chi connectivity index (χ1n) is 8.96. The lowest BCUT2D eigenvalue weighted by Gasteiger charge is -2.09. The van der Waals surface area contributed by atoms with Crippen molar-refractivity contribution >= 4 is 5.91 Å². The summed E-state index contributed by atoms with van der Waals surface area (Å²) in [5, 5.41) is 2.91. The molecule has 138 valence electrons. The third kappa shape index (κ3) is 6.26. The van der Waals surface area contributed by atoms with Crippen molar-refractivity contribution in [1.82, 2.24) is 5.32 Å². The normalized spacial score (nSPS) is 10.4. The highest BCUT2D eigenvalue weighted by Crippen LogP contribution is 2.15. The maximum absolute atomic E-state index is 12.9. The predicted octanol–water partition coefficient (Wildman–Crippen LogP) is 4.65. The Labute approximate surface area is 158 Å². The Kier molecular flexibility index (Phi) is 6.58. The molecule has 0 bridgehead atoms. The molecule has 0 aliphatic heterocycles. The molecule has 0 fully saturated rings. The zero-order valence-corrected chi connectivity index (χ0v) is 15.0. The van der Waals surface area contributed by atoms with Crippen LogP contribution in [-0.2, 0) is 24.4 Å². The molecule has 3 nitrogen and oxygen atoms in total. The highest BCUT2D eigenvalue weighted by Gasteiger charge is 2.04. The van der Waals surface area contributed by atoms with Crippen molar-refractivity contribution in [3.8, 4) is 5.75 Å². The van der Waals surface area contributed by atoms with E-state index in [-0.39, 0.29) is 11.7 Å². The number of rotatable bonds is 8. The maximum atomic E-state index is 12.9. The number of nitrogens with one attached hydrogen (secondary N) is 1. The lowest BCUT2D eigenvalue weighted by molar-refractivity contribution is -0.121. The molecule has 0 atom stereocenters. The summed E-state index contributed by atoms with van der Waals surface area (Å²) < 4.78 is 18.7. The molecule has 0 aliphatic rings. The van der Waals surface area contributed by atoms with Gasteiger partial charge in [0.15, 0.2) is 0 Å². The van der Waals surface area contributed by atoms with Crippen LogP contribution in [0.2, 0.25) is 0 Å². The van der Waals surface area contributed by atoms with Crippen molar-refractivity contribution in [2.24, 2.45) is 0 Å². The molecule has 1 amide bonds. The summed E-state index contributed by atoms with van der Waals surface area (Å²) >= 11 is 0. The predicted molar refractivity (Wildman–Crippen MR) is 104 cm³/mol. The second kappa shape index (κ2) is 9.53. The molecular formula is C23H22FNO2. The molecule has 0 aromatic heterocycles. The number of carbonyl (C=O) groups excluding carboxylic acids is 1. The van der Waals surface area contributed by atoms with Crippen LogP contribution in [0, 0.1) is 5.82 Å². The molecule has 3 rings (SSSR count). The van der Waals surface area contributed by atoms with E-state index in [0.29, 0.717) is 26.0 Å². The Hall–Kier alpha value is -3.14. The number of benzene rings is 3. The van der Waals surface area contributed by atoms with Crippen LogP contribution in [0.1, 0.15) is 23.1 Å². The molecule has 0 aliphatic carbocycles. The minimum Gasteiger partial charge on any atom is -0.489 e. The molecule has 0 saturated carbocycles. The van der Waals surface area contributed by atoms with E-state index in [4.69, 9.17) is 4.74 Å². The van der Waals surface area contributed by atoms with Crippen LogP contribution in [0.25, 0.3) is 0 Å². The number of aryl methyl sites for hydroxylation is 1. The Morgan fingerprint density at radius 3 is 2.37 bits per heavy atom. The van der Waals surface area contributed by atoms with Gasteiger partial charge in [-0.3, -0.25) is 4.79 Å². The van der Waals surface area contributed by atoms with Crippen LogP contribution < -0.4 is 10.1 Å². The first-order chi connectivity index (χ1) is 13.2. The standard InChI is InChI=1S/C23H22FNO2/c24-21-12-9-18(10-13-21)11-14-23(26)25-16-20-7-4-8-22(15-20)27-17-19-5-2-1-3-6-19/h1-10,12-13,15H,11,14,16-17H2,(H,25,26). The third-order valence-corrected chi connectivity index (χ3v) is 4.19. The summed E-state index contributed by atoms with van der Waals surface area (Å²) in [5.41, 5.74) is 3.04. The monoisotopic (exact) mass is 363 g/mol. The van der Waals surface area contributed by atoms with Gasteiger partial charge in [-0.1, -0.05) is 54.6 Å². The fraction of sp³-hybridized carbons (Fsp3) is 0.174. The molecule has 3 aromatic carbocycles. The van der Waals surface area contributed by atoms with E-state index in [1.807, 2.05) is 54.6 Å². The topological polar surface area (TPSA) is 38.3 Å². The molecular weight excluding hydrogens is 341 g/mol. The summed E-state index contributed by atoms with van der Waals surface area (Å²) in [4.78, 5) is 12.0. The van der Waals surface area contributed by atoms with Crippen LogP contribution in [-0.4, -0.2) is 5.91 Å². The van der Waals surface area contributed by atoms with Gasteiger partial charge in [-0.05, 0) is 47.4 Å². The minimum atomic E-state index is -0.266. The van der Waals surface area contributed by atoms with Crippen molar-refractivity contribution in [2.75, 3.05) is 0 Å². The summed E-state index contributed by atoms with van der Waals surface area (Å²) in [7, 11) is 0. The second-order valence-corrected chi connectivity index (χ2v) is 6.32. The second-order valence-electron chi connectivity index (χ2n) is 6.32. The van der Waals surface area contributed by atoms with Gasteiger partial charge >= 0.3 is 0 Å². The fourth-order valence-corrected chi connectivity index (χ4v) is 2.68.